The van der Waals surface area contributed by atoms with E-state index in [4.69, 9.17) is 0 Å². The van der Waals surface area contributed by atoms with E-state index in [1.165, 1.54) is 31.2 Å². The van der Waals surface area contributed by atoms with Gasteiger partial charge in [-0.2, -0.15) is 0 Å². The van der Waals surface area contributed by atoms with Crippen LogP contribution in [0.3, 0.4) is 0 Å². The molecule has 1 fully saturated rings. The minimum absolute atomic E-state index is 0.832. The molecule has 1 aromatic rings. The molecule has 0 radical (unpaired) electrons. The van der Waals surface area contributed by atoms with Gasteiger partial charge in [-0.1, -0.05) is 49.6 Å². The van der Waals surface area contributed by atoms with Crippen LogP contribution in [-0.4, -0.2) is 0 Å². The summed E-state index contributed by atoms with van der Waals surface area (Å²) in [6, 6.07) is 9.05. The van der Waals surface area contributed by atoms with Crippen LogP contribution in [0.15, 0.2) is 24.3 Å². The summed E-state index contributed by atoms with van der Waals surface area (Å²) in [5.74, 6) is 1.76. The molecule has 0 spiro atoms. The number of benzene rings is 1. The standard InChI is InChI=1S/C14H20/c1-11-5-3-7-13(9-11)14-8-4-6-12(2)10-14/h3,5,7,9,12,14H,4,6,8,10H2,1-2H3/t12-,14+/m0/s1. The molecule has 1 aliphatic rings. The Morgan fingerprint density at radius 3 is 2.79 bits per heavy atom. The molecule has 2 atom stereocenters. The Bertz CT molecular complexity index is 301. The fourth-order valence-corrected chi connectivity index (χ4v) is 2.66. The maximum atomic E-state index is 2.39. The van der Waals surface area contributed by atoms with Crippen molar-refractivity contribution in [2.24, 2.45) is 5.92 Å². The Kier molecular flexibility index (Phi) is 2.90. The molecule has 0 heteroatoms. The third kappa shape index (κ3) is 2.17. The van der Waals surface area contributed by atoms with Gasteiger partial charge in [0.05, 0.1) is 0 Å². The molecule has 0 saturated heterocycles. The predicted octanol–water partition coefficient (Wildman–Crippen LogP) is 4.29. The molecule has 0 amide bonds. The minimum atomic E-state index is 0.832. The second-order valence-electron chi connectivity index (χ2n) is 4.88. The molecule has 0 heterocycles. The highest BCUT2D eigenvalue weighted by atomic mass is 14.2. The van der Waals surface area contributed by atoms with Crippen molar-refractivity contribution in [2.45, 2.75) is 45.4 Å². The Balaban J connectivity index is 2.14. The van der Waals surface area contributed by atoms with Crippen molar-refractivity contribution in [3.05, 3.63) is 35.4 Å². The molecule has 0 aromatic heterocycles. The summed E-state index contributed by atoms with van der Waals surface area (Å²) in [7, 11) is 0. The zero-order valence-electron chi connectivity index (χ0n) is 9.29. The molecule has 1 saturated carbocycles. The van der Waals surface area contributed by atoms with Crippen molar-refractivity contribution in [3.63, 3.8) is 0 Å². The number of hydrogen-bond acceptors (Lipinski definition) is 0. The van der Waals surface area contributed by atoms with E-state index < -0.39 is 0 Å². The van der Waals surface area contributed by atoms with Crippen LogP contribution < -0.4 is 0 Å². The number of hydrogen-bond donors (Lipinski definition) is 0. The normalized spacial score (nSPS) is 27.6. The third-order valence-electron chi connectivity index (χ3n) is 3.45. The topological polar surface area (TPSA) is 0 Å². The van der Waals surface area contributed by atoms with Crippen molar-refractivity contribution < 1.29 is 0 Å². The Hall–Kier alpha value is -0.780. The van der Waals surface area contributed by atoms with E-state index in [-0.39, 0.29) is 0 Å². The van der Waals surface area contributed by atoms with Crippen LogP contribution in [0.1, 0.15) is 49.7 Å². The SMILES string of the molecule is Cc1cccc([C@@H]2CCC[C@H](C)C2)c1. The summed E-state index contributed by atoms with van der Waals surface area (Å²) in [5.41, 5.74) is 2.97. The van der Waals surface area contributed by atoms with Crippen molar-refractivity contribution >= 4 is 0 Å². The van der Waals surface area contributed by atoms with E-state index in [9.17, 15) is 0 Å². The van der Waals surface area contributed by atoms with Gasteiger partial charge in [0.25, 0.3) is 0 Å². The first-order valence-corrected chi connectivity index (χ1v) is 5.82. The average molecular weight is 188 g/mol. The van der Waals surface area contributed by atoms with E-state index >= 15 is 0 Å². The van der Waals surface area contributed by atoms with Crippen LogP contribution >= 0.6 is 0 Å². The summed E-state index contributed by atoms with van der Waals surface area (Å²) in [5, 5.41) is 0. The first-order chi connectivity index (χ1) is 6.75. The van der Waals surface area contributed by atoms with Crippen LogP contribution in [0.4, 0.5) is 0 Å². The predicted molar refractivity (Wildman–Crippen MR) is 61.6 cm³/mol. The fourth-order valence-electron chi connectivity index (χ4n) is 2.66. The quantitative estimate of drug-likeness (QED) is 0.616. The molecular formula is C14H20. The van der Waals surface area contributed by atoms with Gasteiger partial charge in [-0.15, -0.1) is 0 Å². The summed E-state index contributed by atoms with van der Waals surface area (Å²) in [6.07, 6.45) is 5.64. The molecule has 1 aliphatic carbocycles. The molecule has 1 aromatic carbocycles. The van der Waals surface area contributed by atoms with Gasteiger partial charge in [0.15, 0.2) is 0 Å². The second-order valence-corrected chi connectivity index (χ2v) is 4.88. The zero-order chi connectivity index (χ0) is 9.97. The third-order valence-corrected chi connectivity index (χ3v) is 3.45. The Morgan fingerprint density at radius 1 is 1.21 bits per heavy atom. The van der Waals surface area contributed by atoms with Crippen LogP contribution in [0.25, 0.3) is 0 Å². The molecule has 2 rings (SSSR count). The van der Waals surface area contributed by atoms with E-state index in [1.54, 1.807) is 5.56 Å². The largest absolute Gasteiger partial charge is 0.0625 e. The van der Waals surface area contributed by atoms with Gasteiger partial charge in [0, 0.05) is 0 Å². The van der Waals surface area contributed by atoms with Crippen LogP contribution in [0, 0.1) is 12.8 Å². The van der Waals surface area contributed by atoms with Crippen molar-refractivity contribution in [1.29, 1.82) is 0 Å². The van der Waals surface area contributed by atoms with Gasteiger partial charge >= 0.3 is 0 Å². The van der Waals surface area contributed by atoms with Crippen molar-refractivity contribution in [2.75, 3.05) is 0 Å². The van der Waals surface area contributed by atoms with E-state index in [0.717, 1.165) is 11.8 Å². The van der Waals surface area contributed by atoms with Gasteiger partial charge in [0.1, 0.15) is 0 Å². The molecule has 0 bridgehead atoms. The summed E-state index contributed by atoms with van der Waals surface area (Å²) in [6.45, 7) is 4.58. The van der Waals surface area contributed by atoms with Crippen molar-refractivity contribution in [3.8, 4) is 0 Å². The van der Waals surface area contributed by atoms with Gasteiger partial charge in [-0.25, -0.2) is 0 Å². The first-order valence-electron chi connectivity index (χ1n) is 5.82. The lowest BCUT2D eigenvalue weighted by atomic mass is 9.78. The van der Waals surface area contributed by atoms with E-state index in [1.807, 2.05) is 0 Å². The highest BCUT2D eigenvalue weighted by molar-refractivity contribution is 5.25. The Morgan fingerprint density at radius 2 is 2.07 bits per heavy atom. The second kappa shape index (κ2) is 4.16. The number of aryl methyl sites for hydroxylation is 1. The van der Waals surface area contributed by atoms with Crippen LogP contribution in [-0.2, 0) is 0 Å². The van der Waals surface area contributed by atoms with Gasteiger partial charge in [-0.05, 0) is 37.2 Å². The fraction of sp³-hybridized carbons (Fsp3) is 0.571. The lowest BCUT2D eigenvalue weighted by Crippen LogP contribution is -2.11. The molecule has 76 valence electrons. The molecular weight excluding hydrogens is 168 g/mol. The first kappa shape index (κ1) is 9.76. The van der Waals surface area contributed by atoms with Gasteiger partial charge < -0.3 is 0 Å². The van der Waals surface area contributed by atoms with Crippen LogP contribution in [0.5, 0.6) is 0 Å². The molecule has 0 unspecified atom stereocenters. The van der Waals surface area contributed by atoms with Crippen LogP contribution in [0.2, 0.25) is 0 Å². The lowest BCUT2D eigenvalue weighted by Gasteiger charge is -2.27. The van der Waals surface area contributed by atoms with E-state index in [2.05, 4.69) is 38.1 Å². The van der Waals surface area contributed by atoms with Gasteiger partial charge in [-0.3, -0.25) is 0 Å². The monoisotopic (exact) mass is 188 g/mol. The molecule has 0 nitrogen and oxygen atoms in total. The summed E-state index contributed by atoms with van der Waals surface area (Å²) >= 11 is 0. The smallest absolute Gasteiger partial charge is 0.0159 e. The summed E-state index contributed by atoms with van der Waals surface area (Å²) in [4.78, 5) is 0. The van der Waals surface area contributed by atoms with Gasteiger partial charge in [0.2, 0.25) is 0 Å². The average Bonchev–Trinajstić information content (AvgIpc) is 2.18. The maximum absolute atomic E-state index is 2.39. The minimum Gasteiger partial charge on any atom is -0.0625 e. The lowest BCUT2D eigenvalue weighted by molar-refractivity contribution is 0.344. The molecule has 0 aliphatic heterocycles. The highest BCUT2D eigenvalue weighted by Crippen LogP contribution is 2.35. The molecule has 0 N–H and O–H groups in total. The van der Waals surface area contributed by atoms with E-state index in [0.29, 0.717) is 0 Å². The zero-order valence-corrected chi connectivity index (χ0v) is 9.29. The Labute approximate surface area is 87.3 Å². The maximum Gasteiger partial charge on any atom is -0.0159 e. The highest BCUT2D eigenvalue weighted by Gasteiger charge is 2.19. The number of rotatable bonds is 1. The van der Waals surface area contributed by atoms with Crippen molar-refractivity contribution in [1.82, 2.24) is 0 Å². The summed E-state index contributed by atoms with van der Waals surface area (Å²) < 4.78 is 0. The molecule has 14 heavy (non-hydrogen) atoms.